The van der Waals surface area contributed by atoms with Crippen LogP contribution in [0.1, 0.15) is 28.7 Å². The predicted molar refractivity (Wildman–Crippen MR) is 137 cm³/mol. The Morgan fingerprint density at radius 3 is 2.67 bits per heavy atom. The number of halogens is 2. The molecule has 0 unspecified atom stereocenters. The Balaban J connectivity index is 1.34. The highest BCUT2D eigenvalue weighted by Crippen LogP contribution is 2.26. The number of carbonyl (C=O) groups excluding carboxylic acids is 1. The predicted octanol–water partition coefficient (Wildman–Crippen LogP) is 6.36. The van der Waals surface area contributed by atoms with E-state index in [1.165, 1.54) is 0 Å². The van der Waals surface area contributed by atoms with Crippen LogP contribution in [0.4, 0.5) is 5.69 Å². The van der Waals surface area contributed by atoms with Crippen molar-refractivity contribution in [1.82, 2.24) is 10.3 Å². The van der Waals surface area contributed by atoms with E-state index in [1.54, 1.807) is 30.3 Å². The van der Waals surface area contributed by atoms with Gasteiger partial charge in [0.1, 0.15) is 11.3 Å². The second-order valence-corrected chi connectivity index (χ2v) is 8.78. The maximum atomic E-state index is 12.5. The molecule has 4 aromatic rings. The Bertz CT molecular complexity index is 1320. The van der Waals surface area contributed by atoms with E-state index < -0.39 is 0 Å². The van der Waals surface area contributed by atoms with Gasteiger partial charge in [-0.05, 0) is 89.2 Å². The molecule has 0 saturated carbocycles. The number of nitrogens with zero attached hydrogens (tertiary/aromatic N) is 1. The summed E-state index contributed by atoms with van der Waals surface area (Å²) in [5.41, 5.74) is 3.67. The number of benzene rings is 3. The summed E-state index contributed by atoms with van der Waals surface area (Å²) in [6, 6.07) is 18.1. The van der Waals surface area contributed by atoms with Crippen molar-refractivity contribution < 1.29 is 13.9 Å². The van der Waals surface area contributed by atoms with Gasteiger partial charge >= 0.3 is 0 Å². The van der Waals surface area contributed by atoms with E-state index in [9.17, 15) is 4.79 Å². The van der Waals surface area contributed by atoms with Gasteiger partial charge in [-0.25, -0.2) is 4.98 Å². The topological polar surface area (TPSA) is 76.4 Å². The zero-order valence-electron chi connectivity index (χ0n) is 17.5. The smallest absolute Gasteiger partial charge is 0.257 e. The van der Waals surface area contributed by atoms with E-state index in [0.29, 0.717) is 45.3 Å². The number of thiocarbonyl (C=S) groups is 1. The lowest BCUT2D eigenvalue weighted by molar-refractivity contribution is 0.0977. The highest BCUT2D eigenvalue weighted by atomic mass is 79.9. The monoisotopic (exact) mass is 543 g/mol. The van der Waals surface area contributed by atoms with Gasteiger partial charge in [-0.3, -0.25) is 10.1 Å². The molecular weight excluding hydrogens is 526 g/mol. The Hall–Kier alpha value is -2.94. The second-order valence-electron chi connectivity index (χ2n) is 7.08. The Morgan fingerprint density at radius 1 is 1.15 bits per heavy atom. The van der Waals surface area contributed by atoms with E-state index in [4.69, 9.17) is 33.0 Å². The Labute approximate surface area is 209 Å². The highest BCUT2D eigenvalue weighted by Gasteiger charge is 2.12. The minimum atomic E-state index is -0.316. The molecule has 0 radical (unpaired) electrons. The first-order valence-electron chi connectivity index (χ1n) is 10.1. The summed E-state index contributed by atoms with van der Waals surface area (Å²) < 4.78 is 11.9. The largest absolute Gasteiger partial charge is 0.493 e. The van der Waals surface area contributed by atoms with Gasteiger partial charge in [-0.2, -0.15) is 0 Å². The van der Waals surface area contributed by atoms with Crippen LogP contribution in [0.15, 0.2) is 69.6 Å². The number of nitrogens with one attached hydrogen (secondary N) is 2. The van der Waals surface area contributed by atoms with E-state index in [1.807, 2.05) is 37.3 Å². The third kappa shape index (κ3) is 5.90. The van der Waals surface area contributed by atoms with Crippen molar-refractivity contribution in [3.05, 3.63) is 87.2 Å². The van der Waals surface area contributed by atoms with Gasteiger partial charge in [0.15, 0.2) is 16.6 Å². The fraction of sp³-hybridized carbons (Fsp3) is 0.125. The standard InChI is InChI=1S/C24H19BrClN3O3S/c1-2-31-20-9-5-15(12-18(20)25)23(30)29-24(33)27-17-7-3-14(4-8-17)11-22-28-19-13-16(26)6-10-21(19)32-22/h3-10,12-13H,2,11H2,1H3,(H2,27,29,30,33). The molecule has 0 fully saturated rings. The van der Waals surface area contributed by atoms with Crippen molar-refractivity contribution in [3.8, 4) is 5.75 Å². The lowest BCUT2D eigenvalue weighted by Crippen LogP contribution is -2.34. The van der Waals surface area contributed by atoms with Crippen LogP contribution in [-0.2, 0) is 6.42 Å². The molecule has 0 atom stereocenters. The average molecular weight is 545 g/mol. The van der Waals surface area contributed by atoms with Crippen molar-refractivity contribution in [1.29, 1.82) is 0 Å². The summed E-state index contributed by atoms with van der Waals surface area (Å²) in [5.74, 6) is 0.970. The van der Waals surface area contributed by atoms with Gasteiger partial charge in [-0.15, -0.1) is 0 Å². The van der Waals surface area contributed by atoms with E-state index in [-0.39, 0.29) is 11.0 Å². The fourth-order valence-electron chi connectivity index (χ4n) is 3.16. The first-order chi connectivity index (χ1) is 15.9. The van der Waals surface area contributed by atoms with Gasteiger partial charge < -0.3 is 14.5 Å². The number of amides is 1. The third-order valence-electron chi connectivity index (χ3n) is 4.68. The number of ether oxygens (including phenoxy) is 1. The molecule has 168 valence electrons. The van der Waals surface area contributed by atoms with Gasteiger partial charge in [0.2, 0.25) is 0 Å². The van der Waals surface area contributed by atoms with Crippen LogP contribution in [0.2, 0.25) is 5.02 Å². The van der Waals surface area contributed by atoms with Crippen LogP contribution < -0.4 is 15.4 Å². The molecule has 2 N–H and O–H groups in total. The number of carbonyl (C=O) groups is 1. The minimum absolute atomic E-state index is 0.202. The summed E-state index contributed by atoms with van der Waals surface area (Å²) in [4.78, 5) is 17.0. The van der Waals surface area contributed by atoms with Gasteiger partial charge in [0.25, 0.3) is 5.91 Å². The van der Waals surface area contributed by atoms with Crippen LogP contribution in [0.3, 0.4) is 0 Å². The number of rotatable bonds is 6. The molecule has 1 amide bonds. The lowest BCUT2D eigenvalue weighted by Gasteiger charge is -2.11. The number of oxazole rings is 1. The summed E-state index contributed by atoms with van der Waals surface area (Å²) >= 11 is 14.7. The van der Waals surface area contributed by atoms with E-state index in [2.05, 4.69) is 31.5 Å². The molecule has 9 heteroatoms. The number of fused-ring (bicyclic) bond motifs is 1. The molecule has 0 spiro atoms. The lowest BCUT2D eigenvalue weighted by atomic mass is 10.1. The van der Waals surface area contributed by atoms with Crippen molar-refractivity contribution >= 4 is 67.6 Å². The molecule has 0 aliphatic heterocycles. The van der Waals surface area contributed by atoms with Crippen LogP contribution in [0.25, 0.3) is 11.1 Å². The molecule has 0 aliphatic rings. The maximum Gasteiger partial charge on any atom is 0.257 e. The Morgan fingerprint density at radius 2 is 1.94 bits per heavy atom. The molecule has 6 nitrogen and oxygen atoms in total. The molecule has 0 bridgehead atoms. The summed E-state index contributed by atoms with van der Waals surface area (Å²) in [7, 11) is 0. The molecule has 0 saturated heterocycles. The van der Waals surface area contributed by atoms with Crippen LogP contribution >= 0.6 is 39.7 Å². The maximum absolute atomic E-state index is 12.5. The number of hydrogen-bond acceptors (Lipinski definition) is 5. The van der Waals surface area contributed by atoms with Gasteiger partial charge in [0.05, 0.1) is 11.1 Å². The van der Waals surface area contributed by atoms with Gasteiger partial charge in [0, 0.05) is 22.7 Å². The molecule has 0 aliphatic carbocycles. The quantitative estimate of drug-likeness (QED) is 0.275. The molecule has 1 aromatic heterocycles. The zero-order chi connectivity index (χ0) is 23.4. The highest BCUT2D eigenvalue weighted by molar-refractivity contribution is 9.10. The van der Waals surface area contributed by atoms with E-state index >= 15 is 0 Å². The second kappa shape index (κ2) is 10.3. The number of anilines is 1. The molecule has 4 rings (SSSR count). The summed E-state index contributed by atoms with van der Waals surface area (Å²) in [6.07, 6.45) is 0.542. The normalized spacial score (nSPS) is 10.8. The first-order valence-corrected chi connectivity index (χ1v) is 11.7. The zero-order valence-corrected chi connectivity index (χ0v) is 20.7. The number of aromatic nitrogens is 1. The fourth-order valence-corrected chi connectivity index (χ4v) is 4.03. The number of hydrogen-bond donors (Lipinski definition) is 2. The van der Waals surface area contributed by atoms with Crippen molar-refractivity contribution in [3.63, 3.8) is 0 Å². The van der Waals surface area contributed by atoms with Crippen molar-refractivity contribution in [2.75, 3.05) is 11.9 Å². The molecule has 33 heavy (non-hydrogen) atoms. The molecule has 1 heterocycles. The van der Waals surface area contributed by atoms with Crippen molar-refractivity contribution in [2.24, 2.45) is 0 Å². The summed E-state index contributed by atoms with van der Waals surface area (Å²) in [6.45, 7) is 2.44. The third-order valence-corrected chi connectivity index (χ3v) is 5.74. The van der Waals surface area contributed by atoms with E-state index in [0.717, 1.165) is 16.8 Å². The van der Waals surface area contributed by atoms with Crippen molar-refractivity contribution in [2.45, 2.75) is 13.3 Å². The first kappa shape index (κ1) is 23.2. The van der Waals surface area contributed by atoms with Gasteiger partial charge in [-0.1, -0.05) is 23.7 Å². The molecular formula is C24H19BrClN3O3S. The SMILES string of the molecule is CCOc1ccc(C(=O)NC(=S)Nc2ccc(Cc3nc4cc(Cl)ccc4o3)cc2)cc1Br. The van der Waals surface area contributed by atoms with Crippen LogP contribution in [0, 0.1) is 0 Å². The van der Waals surface area contributed by atoms with Crippen LogP contribution in [-0.4, -0.2) is 22.6 Å². The summed E-state index contributed by atoms with van der Waals surface area (Å²) in [5, 5.41) is 6.52. The van der Waals surface area contributed by atoms with Crippen LogP contribution in [0.5, 0.6) is 5.75 Å². The molecule has 3 aromatic carbocycles. The average Bonchev–Trinajstić information content (AvgIpc) is 3.17. The minimum Gasteiger partial charge on any atom is -0.493 e. The Kier molecular flexibility index (Phi) is 7.27.